The highest BCUT2D eigenvalue weighted by Gasteiger charge is 2.18. The molecule has 108 valence electrons. The van der Waals surface area contributed by atoms with Gasteiger partial charge >= 0.3 is 0 Å². The van der Waals surface area contributed by atoms with Crippen molar-refractivity contribution in [1.82, 2.24) is 14.7 Å². The molecule has 2 aromatic rings. The second-order valence-corrected chi connectivity index (χ2v) is 6.91. The third-order valence-electron chi connectivity index (χ3n) is 2.79. The van der Waals surface area contributed by atoms with Crippen molar-refractivity contribution in [2.45, 2.75) is 18.2 Å². The number of sulfonamides is 1. The lowest BCUT2D eigenvalue weighted by Crippen LogP contribution is -2.27. The van der Waals surface area contributed by atoms with Crippen LogP contribution in [0.1, 0.15) is 11.4 Å². The fourth-order valence-electron chi connectivity index (χ4n) is 1.77. The molecule has 0 spiro atoms. The maximum atomic E-state index is 12.2. The molecular formula is C12H15BrN4O2S. The summed E-state index contributed by atoms with van der Waals surface area (Å²) in [6, 6.07) is 3.14. The van der Waals surface area contributed by atoms with Crippen LogP contribution in [0.2, 0.25) is 0 Å². The number of nitrogens with two attached hydrogens (primary N) is 1. The van der Waals surface area contributed by atoms with Crippen LogP contribution in [0.5, 0.6) is 0 Å². The van der Waals surface area contributed by atoms with Crippen LogP contribution in [0.4, 0.5) is 5.69 Å². The van der Waals surface area contributed by atoms with E-state index in [4.69, 9.17) is 5.73 Å². The molecule has 1 aromatic carbocycles. The normalized spacial score (nSPS) is 11.7. The molecule has 0 aliphatic rings. The van der Waals surface area contributed by atoms with E-state index in [-0.39, 0.29) is 11.4 Å². The highest BCUT2D eigenvalue weighted by molar-refractivity contribution is 9.10. The fourth-order valence-corrected chi connectivity index (χ4v) is 3.52. The first kappa shape index (κ1) is 15.0. The Balaban J connectivity index is 2.12. The van der Waals surface area contributed by atoms with Gasteiger partial charge in [0.1, 0.15) is 5.82 Å². The summed E-state index contributed by atoms with van der Waals surface area (Å²) in [4.78, 5) is 7.15. The van der Waals surface area contributed by atoms with Crippen molar-refractivity contribution in [2.75, 3.05) is 12.3 Å². The molecule has 0 saturated heterocycles. The lowest BCUT2D eigenvalue weighted by molar-refractivity contribution is 0.580. The lowest BCUT2D eigenvalue weighted by atomic mass is 10.2. The minimum absolute atomic E-state index is 0.192. The Kier molecular flexibility index (Phi) is 4.46. The standard InChI is InChI=1S/C12H15BrN4O2S/c1-8-6-9(13)10(14)7-11(8)20(18,19)17-3-2-12-15-4-5-16-12/h4-7,17H,2-3,14H2,1H3,(H,15,16). The van der Waals surface area contributed by atoms with Crippen LogP contribution in [0.15, 0.2) is 33.9 Å². The van der Waals surface area contributed by atoms with E-state index in [0.29, 0.717) is 22.1 Å². The number of anilines is 1. The van der Waals surface area contributed by atoms with Crippen LogP contribution >= 0.6 is 15.9 Å². The number of H-pyrrole nitrogens is 1. The fraction of sp³-hybridized carbons (Fsp3) is 0.250. The Labute approximate surface area is 126 Å². The number of aromatic nitrogens is 2. The molecule has 8 heteroatoms. The van der Waals surface area contributed by atoms with Crippen LogP contribution in [0.25, 0.3) is 0 Å². The highest BCUT2D eigenvalue weighted by Crippen LogP contribution is 2.26. The average Bonchev–Trinajstić information content (AvgIpc) is 2.86. The summed E-state index contributed by atoms with van der Waals surface area (Å²) in [7, 11) is -3.58. The number of halogens is 1. The topological polar surface area (TPSA) is 101 Å². The maximum absolute atomic E-state index is 12.2. The largest absolute Gasteiger partial charge is 0.398 e. The Morgan fingerprint density at radius 2 is 2.20 bits per heavy atom. The Bertz CT molecular complexity index is 698. The molecule has 0 unspecified atom stereocenters. The van der Waals surface area contributed by atoms with Gasteiger partial charge < -0.3 is 10.7 Å². The van der Waals surface area contributed by atoms with Gasteiger partial charge in [0.2, 0.25) is 10.0 Å². The third-order valence-corrected chi connectivity index (χ3v) is 5.08. The van der Waals surface area contributed by atoms with Crippen molar-refractivity contribution < 1.29 is 8.42 Å². The molecule has 0 aliphatic heterocycles. The van der Waals surface area contributed by atoms with Gasteiger partial charge in [-0.05, 0) is 40.5 Å². The van der Waals surface area contributed by atoms with Crippen LogP contribution < -0.4 is 10.5 Å². The van der Waals surface area contributed by atoms with Gasteiger partial charge in [-0.15, -0.1) is 0 Å². The van der Waals surface area contributed by atoms with Crippen LogP contribution in [0.3, 0.4) is 0 Å². The van der Waals surface area contributed by atoms with E-state index in [0.717, 1.165) is 5.82 Å². The summed E-state index contributed by atoms with van der Waals surface area (Å²) in [6.45, 7) is 2.00. The summed E-state index contributed by atoms with van der Waals surface area (Å²) in [6.07, 6.45) is 3.82. The van der Waals surface area contributed by atoms with Crippen molar-refractivity contribution in [2.24, 2.45) is 0 Å². The van der Waals surface area contributed by atoms with E-state index >= 15 is 0 Å². The zero-order valence-corrected chi connectivity index (χ0v) is 13.3. The Hall–Kier alpha value is -1.38. The number of hydrogen-bond acceptors (Lipinski definition) is 4. The highest BCUT2D eigenvalue weighted by atomic mass is 79.9. The first-order valence-corrected chi connectivity index (χ1v) is 8.21. The lowest BCUT2D eigenvalue weighted by Gasteiger charge is -2.10. The van der Waals surface area contributed by atoms with Gasteiger partial charge in [0.05, 0.1) is 4.90 Å². The zero-order valence-electron chi connectivity index (χ0n) is 10.9. The summed E-state index contributed by atoms with van der Waals surface area (Å²) in [5.41, 5.74) is 6.76. The molecule has 0 amide bonds. The zero-order chi connectivity index (χ0) is 14.8. The second kappa shape index (κ2) is 5.94. The molecule has 0 aliphatic carbocycles. The number of benzene rings is 1. The van der Waals surface area contributed by atoms with Crippen LogP contribution in [-0.4, -0.2) is 24.9 Å². The number of rotatable bonds is 5. The molecule has 0 bridgehead atoms. The van der Waals surface area contributed by atoms with Gasteiger partial charge in [0.25, 0.3) is 0 Å². The smallest absolute Gasteiger partial charge is 0.240 e. The maximum Gasteiger partial charge on any atom is 0.240 e. The van der Waals surface area contributed by atoms with Gasteiger partial charge in [0, 0.05) is 35.5 Å². The number of aromatic amines is 1. The van der Waals surface area contributed by atoms with Gasteiger partial charge in [-0.25, -0.2) is 18.1 Å². The van der Waals surface area contributed by atoms with Gasteiger partial charge in [-0.3, -0.25) is 0 Å². The predicted molar refractivity (Wildman–Crippen MR) is 80.8 cm³/mol. The van der Waals surface area contributed by atoms with Gasteiger partial charge in [-0.1, -0.05) is 0 Å². The summed E-state index contributed by atoms with van der Waals surface area (Å²) in [5, 5.41) is 0. The van der Waals surface area contributed by atoms with Gasteiger partial charge in [0.15, 0.2) is 0 Å². The number of nitrogens with one attached hydrogen (secondary N) is 2. The molecule has 20 heavy (non-hydrogen) atoms. The number of nitrogen functional groups attached to an aromatic ring is 1. The molecule has 0 radical (unpaired) electrons. The van der Waals surface area contributed by atoms with E-state index < -0.39 is 10.0 Å². The van der Waals surface area contributed by atoms with E-state index in [1.54, 1.807) is 25.4 Å². The first-order chi connectivity index (χ1) is 9.40. The minimum Gasteiger partial charge on any atom is -0.398 e. The second-order valence-electron chi connectivity index (χ2n) is 4.32. The van der Waals surface area contributed by atoms with E-state index in [2.05, 4.69) is 30.6 Å². The molecular weight excluding hydrogens is 344 g/mol. The van der Waals surface area contributed by atoms with Crippen molar-refractivity contribution in [3.05, 3.63) is 40.4 Å². The molecule has 0 saturated carbocycles. The molecule has 6 nitrogen and oxygen atoms in total. The van der Waals surface area contributed by atoms with Crippen molar-refractivity contribution >= 4 is 31.6 Å². The SMILES string of the molecule is Cc1cc(Br)c(N)cc1S(=O)(=O)NCCc1ncc[nH]1. The Morgan fingerprint density at radius 1 is 1.45 bits per heavy atom. The van der Waals surface area contributed by atoms with Crippen molar-refractivity contribution in [3.63, 3.8) is 0 Å². The predicted octanol–water partition coefficient (Wildman–Crippen LogP) is 1.58. The monoisotopic (exact) mass is 358 g/mol. The molecule has 0 atom stereocenters. The van der Waals surface area contributed by atoms with Crippen LogP contribution in [0, 0.1) is 6.92 Å². The third kappa shape index (κ3) is 3.38. The molecule has 4 N–H and O–H groups in total. The first-order valence-electron chi connectivity index (χ1n) is 5.93. The van der Waals surface area contributed by atoms with Crippen molar-refractivity contribution in [3.8, 4) is 0 Å². The number of imidazole rings is 1. The minimum atomic E-state index is -3.58. The summed E-state index contributed by atoms with van der Waals surface area (Å²) in [5.74, 6) is 0.736. The summed E-state index contributed by atoms with van der Waals surface area (Å²) >= 11 is 3.27. The number of aryl methyl sites for hydroxylation is 1. The quantitative estimate of drug-likeness (QED) is 0.706. The van der Waals surface area contributed by atoms with Crippen LogP contribution in [-0.2, 0) is 16.4 Å². The molecule has 0 fully saturated rings. The van der Waals surface area contributed by atoms with Crippen molar-refractivity contribution in [1.29, 1.82) is 0 Å². The van der Waals surface area contributed by atoms with Gasteiger partial charge in [-0.2, -0.15) is 0 Å². The molecule has 2 rings (SSSR count). The Morgan fingerprint density at radius 3 is 2.85 bits per heavy atom. The summed E-state index contributed by atoms with van der Waals surface area (Å²) < 4.78 is 27.7. The molecule has 1 aromatic heterocycles. The average molecular weight is 359 g/mol. The van der Waals surface area contributed by atoms with E-state index in [1.807, 2.05) is 0 Å². The van der Waals surface area contributed by atoms with E-state index in [1.165, 1.54) is 6.07 Å². The molecule has 1 heterocycles. The number of nitrogens with zero attached hydrogens (tertiary/aromatic N) is 1. The van der Waals surface area contributed by atoms with E-state index in [9.17, 15) is 8.42 Å². The number of hydrogen-bond donors (Lipinski definition) is 3.